The lowest BCUT2D eigenvalue weighted by Crippen LogP contribution is -2.14. The summed E-state index contributed by atoms with van der Waals surface area (Å²) in [6.45, 7) is 4.62. The lowest BCUT2D eigenvalue weighted by molar-refractivity contribution is 0.660. The normalized spacial score (nSPS) is 13.3. The fourth-order valence-electron chi connectivity index (χ4n) is 8.72. The van der Waals surface area contributed by atoms with E-state index in [2.05, 4.69) is 166 Å². The van der Waals surface area contributed by atoms with E-state index in [0.29, 0.717) is 5.84 Å². The Morgan fingerprint density at radius 3 is 1.93 bits per heavy atom. The van der Waals surface area contributed by atoms with Crippen molar-refractivity contribution in [1.82, 2.24) is 0 Å². The van der Waals surface area contributed by atoms with Crippen LogP contribution in [0.5, 0.6) is 0 Å². The van der Waals surface area contributed by atoms with E-state index in [-0.39, 0.29) is 11.3 Å². The van der Waals surface area contributed by atoms with Crippen molar-refractivity contribution >= 4 is 50.2 Å². The summed E-state index contributed by atoms with van der Waals surface area (Å²) >= 11 is 0. The molecular weight excluding hydrogens is 691 g/mol. The maximum atomic E-state index is 9.36. The fourth-order valence-corrected chi connectivity index (χ4v) is 8.72. The van der Waals surface area contributed by atoms with Gasteiger partial charge in [0.15, 0.2) is 11.7 Å². The molecule has 0 atom stereocenters. The van der Waals surface area contributed by atoms with Gasteiger partial charge in [0.05, 0.1) is 0 Å². The number of fused-ring (bicyclic) bond motifs is 7. The Labute approximate surface area is 332 Å². The molecule has 1 aliphatic carbocycles. The van der Waals surface area contributed by atoms with E-state index >= 15 is 0 Å². The summed E-state index contributed by atoms with van der Waals surface area (Å²) in [5.74, 6) is 0.626. The largest absolute Gasteiger partial charge is 0.282 e. The maximum absolute atomic E-state index is 9.36. The first-order valence-corrected chi connectivity index (χ1v) is 19.5. The Morgan fingerprint density at radius 1 is 0.474 bits per heavy atom. The first-order chi connectivity index (χ1) is 27.9. The fraction of sp³-hybridized carbons (Fsp3) is 0.0556. The Bertz CT molecular complexity index is 3100. The average Bonchev–Trinajstić information content (AvgIpc) is 3.50. The van der Waals surface area contributed by atoms with Gasteiger partial charge in [0.1, 0.15) is 0 Å². The van der Waals surface area contributed by atoms with Crippen molar-refractivity contribution in [3.8, 4) is 33.4 Å². The lowest BCUT2D eigenvalue weighted by Gasteiger charge is -2.21. The third-order valence-electron chi connectivity index (χ3n) is 11.7. The average molecular weight is 730 g/mol. The van der Waals surface area contributed by atoms with Gasteiger partial charge in [-0.05, 0) is 89.0 Å². The van der Waals surface area contributed by atoms with Crippen molar-refractivity contribution in [3.63, 3.8) is 0 Å². The molecule has 9 aromatic rings. The van der Waals surface area contributed by atoms with Crippen molar-refractivity contribution in [1.29, 1.82) is 5.41 Å². The van der Waals surface area contributed by atoms with E-state index in [1.165, 1.54) is 38.4 Å². The van der Waals surface area contributed by atoms with Gasteiger partial charge in [0.25, 0.3) is 0 Å². The third kappa shape index (κ3) is 5.96. The van der Waals surface area contributed by atoms with Crippen LogP contribution in [0.4, 0.5) is 0 Å². The second kappa shape index (κ2) is 13.8. The molecule has 10 rings (SSSR count). The monoisotopic (exact) mass is 729 g/mol. The summed E-state index contributed by atoms with van der Waals surface area (Å²) in [5, 5.41) is 16.3. The zero-order chi connectivity index (χ0) is 38.5. The number of rotatable bonds is 5. The number of benzene rings is 9. The molecule has 0 aromatic heterocycles. The summed E-state index contributed by atoms with van der Waals surface area (Å²) in [4.78, 5) is 10.3. The van der Waals surface area contributed by atoms with Gasteiger partial charge in [-0.3, -0.25) is 5.41 Å². The quantitative estimate of drug-likeness (QED) is 0.0794. The zero-order valence-electron chi connectivity index (χ0n) is 31.9. The van der Waals surface area contributed by atoms with Gasteiger partial charge in [-0.1, -0.05) is 190 Å². The molecule has 0 unspecified atom stereocenters. The Hall–Kier alpha value is -7.23. The Balaban J connectivity index is 1.14. The van der Waals surface area contributed by atoms with E-state index in [9.17, 15) is 5.41 Å². The molecule has 1 N–H and O–H groups in total. The lowest BCUT2D eigenvalue weighted by atomic mass is 9.82. The highest BCUT2D eigenvalue weighted by molar-refractivity contribution is 6.23. The van der Waals surface area contributed by atoms with Gasteiger partial charge in [-0.2, -0.15) is 0 Å². The molecule has 3 heteroatoms. The standard InChI is InChI=1S/C54H39N3/c1-54(2)50-23-13-12-21-45(50)48-33-40(29-31-51(48)54)42-19-10-11-22-46(42)53(57-52(55)38-26-24-36(25-27-38)35-14-4-3-5-15-35)56-34-49-43-20-9-7-17-39(43)32-47-41-18-8-6-16-37(41)28-30-44(47)49/h3-34,55H,1-2H3. The van der Waals surface area contributed by atoms with Gasteiger partial charge >= 0.3 is 0 Å². The van der Waals surface area contributed by atoms with Crippen LogP contribution in [0.2, 0.25) is 0 Å². The molecule has 57 heavy (non-hydrogen) atoms. The first kappa shape index (κ1) is 34.3. The van der Waals surface area contributed by atoms with Crippen molar-refractivity contribution in [2.45, 2.75) is 19.3 Å². The zero-order valence-corrected chi connectivity index (χ0v) is 31.9. The molecule has 0 heterocycles. The highest BCUT2D eigenvalue weighted by Gasteiger charge is 2.35. The summed E-state index contributed by atoms with van der Waals surface area (Å²) in [6, 6.07) is 66.0. The Kier molecular flexibility index (Phi) is 8.30. The van der Waals surface area contributed by atoms with Crippen LogP contribution >= 0.6 is 0 Å². The molecule has 0 amide bonds. The Morgan fingerprint density at radius 2 is 1.11 bits per heavy atom. The van der Waals surface area contributed by atoms with Crippen LogP contribution in [-0.4, -0.2) is 17.9 Å². The molecule has 0 spiro atoms. The van der Waals surface area contributed by atoms with E-state index in [1.54, 1.807) is 0 Å². The number of hydrogen-bond acceptors (Lipinski definition) is 1. The van der Waals surface area contributed by atoms with Gasteiger partial charge in [-0.25, -0.2) is 9.98 Å². The molecule has 0 saturated carbocycles. The minimum absolute atomic E-state index is 0.0847. The number of nitrogens with one attached hydrogen (secondary N) is 1. The number of nitrogens with zero attached hydrogens (tertiary/aromatic N) is 2. The molecule has 0 aliphatic heterocycles. The van der Waals surface area contributed by atoms with Gasteiger partial charge in [-0.15, -0.1) is 0 Å². The third-order valence-corrected chi connectivity index (χ3v) is 11.7. The smallest absolute Gasteiger partial charge is 0.162 e. The molecule has 1 aliphatic rings. The van der Waals surface area contributed by atoms with Gasteiger partial charge in [0, 0.05) is 28.3 Å². The number of amidine groups is 2. The van der Waals surface area contributed by atoms with Crippen molar-refractivity contribution < 1.29 is 0 Å². The van der Waals surface area contributed by atoms with Crippen LogP contribution in [0.3, 0.4) is 0 Å². The van der Waals surface area contributed by atoms with Crippen molar-refractivity contribution in [3.05, 3.63) is 216 Å². The summed E-state index contributed by atoms with van der Waals surface area (Å²) in [5.41, 5.74) is 12.0. The number of aliphatic imine (C=N–C) groups is 2. The molecule has 3 nitrogen and oxygen atoms in total. The predicted octanol–water partition coefficient (Wildman–Crippen LogP) is 13.7. The number of hydrogen-bond donors (Lipinski definition) is 1. The second-order valence-electron chi connectivity index (χ2n) is 15.4. The summed E-state index contributed by atoms with van der Waals surface area (Å²) in [6.07, 6.45) is 1.96. The van der Waals surface area contributed by atoms with Crippen molar-refractivity contribution in [2.75, 3.05) is 0 Å². The topological polar surface area (TPSA) is 48.6 Å². The van der Waals surface area contributed by atoms with Crippen molar-refractivity contribution in [2.24, 2.45) is 9.98 Å². The van der Waals surface area contributed by atoms with E-state index < -0.39 is 0 Å². The van der Waals surface area contributed by atoms with E-state index in [4.69, 9.17) is 9.98 Å². The maximum Gasteiger partial charge on any atom is 0.162 e. The predicted molar refractivity (Wildman–Crippen MR) is 241 cm³/mol. The van der Waals surface area contributed by atoms with Gasteiger partial charge < -0.3 is 0 Å². The van der Waals surface area contributed by atoms with Crippen LogP contribution in [0, 0.1) is 5.41 Å². The molecule has 0 saturated heterocycles. The minimum atomic E-state index is -0.0847. The molecule has 0 radical (unpaired) electrons. The van der Waals surface area contributed by atoms with Gasteiger partial charge in [0.2, 0.25) is 0 Å². The van der Waals surface area contributed by atoms with Crippen LogP contribution in [0.25, 0.3) is 65.7 Å². The molecular formula is C54H39N3. The van der Waals surface area contributed by atoms with Crippen LogP contribution < -0.4 is 0 Å². The first-order valence-electron chi connectivity index (χ1n) is 19.5. The summed E-state index contributed by atoms with van der Waals surface area (Å²) < 4.78 is 0. The van der Waals surface area contributed by atoms with E-state index in [0.717, 1.165) is 55.1 Å². The highest BCUT2D eigenvalue weighted by atomic mass is 14.9. The molecule has 0 bridgehead atoms. The molecule has 9 aromatic carbocycles. The minimum Gasteiger partial charge on any atom is -0.282 e. The highest BCUT2D eigenvalue weighted by Crippen LogP contribution is 2.49. The van der Waals surface area contributed by atoms with E-state index in [1.807, 2.05) is 42.6 Å². The molecule has 0 fully saturated rings. The van der Waals surface area contributed by atoms with Crippen LogP contribution in [0.15, 0.2) is 198 Å². The second-order valence-corrected chi connectivity index (χ2v) is 15.4. The molecule has 270 valence electrons. The van der Waals surface area contributed by atoms with Crippen LogP contribution in [0.1, 0.15) is 41.7 Å². The SMILES string of the molecule is CC1(C)c2ccccc2-c2cc(-c3ccccc3C(N=Cc3c4ccccc4cc4c3ccc3ccccc34)=NC(=N)c3ccc(-c4ccccc4)cc3)ccc21. The summed E-state index contributed by atoms with van der Waals surface area (Å²) in [7, 11) is 0. The van der Waals surface area contributed by atoms with Crippen LogP contribution in [-0.2, 0) is 5.41 Å².